The van der Waals surface area contributed by atoms with Crippen LogP contribution < -0.4 is 14.4 Å². The molecule has 0 radical (unpaired) electrons. The molecule has 36 heavy (non-hydrogen) atoms. The first kappa shape index (κ1) is 23.5. The Morgan fingerprint density at radius 3 is 2.75 bits per heavy atom. The first-order chi connectivity index (χ1) is 17.4. The molecule has 1 aromatic carbocycles. The molecule has 2 saturated heterocycles. The third kappa shape index (κ3) is 3.72. The fourth-order valence-electron chi connectivity index (χ4n) is 5.59. The number of methoxy groups -OCH3 is 1. The lowest BCUT2D eigenvalue weighted by Crippen LogP contribution is -2.46. The SMILES string of the molecule is COc1cc(-c2nc3c(c(C4(S(C)(=O)=O)CCOCC4)n2)OCCC2COCCN32)c2cc[nH]c2c1. The molecule has 1 unspecified atom stereocenters. The summed E-state index contributed by atoms with van der Waals surface area (Å²) in [5, 5.41) is 0.926. The molecule has 0 spiro atoms. The van der Waals surface area contributed by atoms with E-state index >= 15 is 0 Å². The monoisotopic (exact) mass is 514 g/mol. The van der Waals surface area contributed by atoms with Crippen molar-refractivity contribution in [1.82, 2.24) is 15.0 Å². The summed E-state index contributed by atoms with van der Waals surface area (Å²) in [5.74, 6) is 2.19. The van der Waals surface area contributed by atoms with Crippen molar-refractivity contribution in [3.63, 3.8) is 0 Å². The topological polar surface area (TPSA) is 116 Å². The number of H-pyrrole nitrogens is 1. The molecule has 3 aliphatic heterocycles. The van der Waals surface area contributed by atoms with Crippen LogP contribution in [0.25, 0.3) is 22.3 Å². The summed E-state index contributed by atoms with van der Waals surface area (Å²) in [4.78, 5) is 15.5. The van der Waals surface area contributed by atoms with Crippen LogP contribution >= 0.6 is 0 Å². The standard InChI is InChI=1S/C25H30N4O6S/c1-32-17-13-19(18-3-7-26-20(18)14-17)23-27-22(25(36(2,30)31)5-10-33-11-6-25)21-24(28-23)29-8-12-34-15-16(29)4-9-35-21/h3,7,13-14,16,26H,4-6,8-12,15H2,1-2H3. The third-order valence-corrected chi connectivity index (χ3v) is 9.63. The van der Waals surface area contributed by atoms with Gasteiger partial charge in [0.15, 0.2) is 27.2 Å². The van der Waals surface area contributed by atoms with E-state index in [9.17, 15) is 8.42 Å². The van der Waals surface area contributed by atoms with Crippen LogP contribution in [0, 0.1) is 0 Å². The number of anilines is 1. The van der Waals surface area contributed by atoms with Gasteiger partial charge in [0.05, 0.1) is 33.0 Å². The van der Waals surface area contributed by atoms with Crippen LogP contribution in [0.2, 0.25) is 0 Å². The van der Waals surface area contributed by atoms with Gasteiger partial charge in [-0.1, -0.05) is 0 Å². The summed E-state index contributed by atoms with van der Waals surface area (Å²) < 4.78 is 48.9. The predicted octanol–water partition coefficient (Wildman–Crippen LogP) is 2.67. The highest BCUT2D eigenvalue weighted by Gasteiger charge is 2.49. The number of nitrogens with one attached hydrogen (secondary N) is 1. The van der Waals surface area contributed by atoms with Gasteiger partial charge in [-0.3, -0.25) is 0 Å². The summed E-state index contributed by atoms with van der Waals surface area (Å²) in [6.45, 7) is 2.89. The Kier molecular flexibility index (Phi) is 5.81. The quantitative estimate of drug-likeness (QED) is 0.561. The Morgan fingerprint density at radius 1 is 1.14 bits per heavy atom. The van der Waals surface area contributed by atoms with Crippen molar-refractivity contribution in [3.8, 4) is 22.9 Å². The van der Waals surface area contributed by atoms with Gasteiger partial charge >= 0.3 is 0 Å². The lowest BCUT2D eigenvalue weighted by molar-refractivity contribution is 0.0722. The minimum atomic E-state index is -3.58. The zero-order valence-corrected chi connectivity index (χ0v) is 21.3. The number of fused-ring (bicyclic) bond motifs is 4. The molecular formula is C25H30N4O6S. The van der Waals surface area contributed by atoms with Crippen molar-refractivity contribution in [3.05, 3.63) is 30.1 Å². The minimum absolute atomic E-state index is 0.0945. The second-order valence-electron chi connectivity index (χ2n) is 9.60. The minimum Gasteiger partial charge on any atom is -0.497 e. The van der Waals surface area contributed by atoms with Crippen molar-refractivity contribution in [2.75, 3.05) is 57.8 Å². The normalized spacial score (nSPS) is 21.8. The maximum Gasteiger partial charge on any atom is 0.185 e. The zero-order valence-electron chi connectivity index (χ0n) is 20.5. The van der Waals surface area contributed by atoms with Gasteiger partial charge in [0.25, 0.3) is 0 Å². The number of aromatic amines is 1. The van der Waals surface area contributed by atoms with Crippen molar-refractivity contribution < 1.29 is 27.4 Å². The smallest absolute Gasteiger partial charge is 0.185 e. The number of sulfone groups is 1. The second-order valence-corrected chi connectivity index (χ2v) is 11.9. The Bertz CT molecular complexity index is 1400. The van der Waals surface area contributed by atoms with Gasteiger partial charge < -0.3 is 28.8 Å². The predicted molar refractivity (Wildman–Crippen MR) is 135 cm³/mol. The zero-order chi connectivity index (χ0) is 24.9. The van der Waals surface area contributed by atoms with Gasteiger partial charge in [0, 0.05) is 61.2 Å². The highest BCUT2D eigenvalue weighted by Crippen LogP contribution is 2.48. The van der Waals surface area contributed by atoms with Gasteiger partial charge in [0.2, 0.25) is 0 Å². The van der Waals surface area contributed by atoms with E-state index < -0.39 is 14.6 Å². The Balaban J connectivity index is 1.66. The maximum absolute atomic E-state index is 13.5. The first-order valence-corrected chi connectivity index (χ1v) is 14.1. The first-order valence-electron chi connectivity index (χ1n) is 12.2. The molecule has 11 heteroatoms. The van der Waals surface area contributed by atoms with E-state index in [0.29, 0.717) is 81.3 Å². The average Bonchev–Trinajstić information content (AvgIpc) is 3.28. The van der Waals surface area contributed by atoms with E-state index in [4.69, 9.17) is 28.9 Å². The van der Waals surface area contributed by atoms with Gasteiger partial charge in [0.1, 0.15) is 16.2 Å². The maximum atomic E-state index is 13.5. The molecule has 3 aliphatic rings. The molecule has 0 saturated carbocycles. The number of rotatable bonds is 4. The number of morpholine rings is 1. The summed E-state index contributed by atoms with van der Waals surface area (Å²) in [5.41, 5.74) is 2.07. The van der Waals surface area contributed by atoms with E-state index in [1.54, 1.807) is 7.11 Å². The number of benzene rings is 1. The van der Waals surface area contributed by atoms with E-state index in [1.807, 2.05) is 24.4 Å². The fraction of sp³-hybridized carbons (Fsp3) is 0.520. The van der Waals surface area contributed by atoms with Crippen LogP contribution in [0.1, 0.15) is 25.0 Å². The van der Waals surface area contributed by atoms with Crippen LogP contribution in [0.3, 0.4) is 0 Å². The van der Waals surface area contributed by atoms with E-state index in [2.05, 4.69) is 9.88 Å². The highest BCUT2D eigenvalue weighted by atomic mass is 32.2. The molecule has 3 aromatic rings. The van der Waals surface area contributed by atoms with E-state index in [-0.39, 0.29) is 6.04 Å². The molecule has 0 amide bonds. The lowest BCUT2D eigenvalue weighted by Gasteiger charge is -2.38. The summed E-state index contributed by atoms with van der Waals surface area (Å²) >= 11 is 0. The van der Waals surface area contributed by atoms with Crippen molar-refractivity contribution in [2.45, 2.75) is 30.1 Å². The van der Waals surface area contributed by atoms with Gasteiger partial charge in [-0.25, -0.2) is 18.4 Å². The molecular weight excluding hydrogens is 484 g/mol. The van der Waals surface area contributed by atoms with Crippen LogP contribution in [0.5, 0.6) is 11.5 Å². The lowest BCUT2D eigenvalue weighted by atomic mass is 9.93. The third-order valence-electron chi connectivity index (χ3n) is 7.61. The van der Waals surface area contributed by atoms with Gasteiger partial charge in [-0.2, -0.15) is 0 Å². The number of ether oxygens (including phenoxy) is 4. The Hall–Kier alpha value is -2.89. The largest absolute Gasteiger partial charge is 0.497 e. The molecule has 5 heterocycles. The summed E-state index contributed by atoms with van der Waals surface area (Å²) in [7, 11) is -1.97. The number of hydrogen-bond donors (Lipinski definition) is 1. The molecule has 2 fully saturated rings. The van der Waals surface area contributed by atoms with Crippen LogP contribution in [0.15, 0.2) is 24.4 Å². The van der Waals surface area contributed by atoms with Gasteiger partial charge in [-0.15, -0.1) is 0 Å². The Morgan fingerprint density at radius 2 is 1.97 bits per heavy atom. The molecule has 10 nitrogen and oxygen atoms in total. The fourth-order valence-corrected chi connectivity index (χ4v) is 6.99. The van der Waals surface area contributed by atoms with Crippen molar-refractivity contribution >= 4 is 26.6 Å². The molecule has 6 rings (SSSR count). The van der Waals surface area contributed by atoms with E-state index in [1.165, 1.54) is 6.26 Å². The van der Waals surface area contributed by atoms with Gasteiger partial charge in [-0.05, 0) is 25.0 Å². The van der Waals surface area contributed by atoms with Crippen molar-refractivity contribution in [2.24, 2.45) is 0 Å². The number of hydrogen-bond acceptors (Lipinski definition) is 9. The number of aromatic nitrogens is 3. The average molecular weight is 515 g/mol. The van der Waals surface area contributed by atoms with Crippen molar-refractivity contribution in [1.29, 1.82) is 0 Å². The molecule has 1 atom stereocenters. The summed E-state index contributed by atoms with van der Waals surface area (Å²) in [6.07, 6.45) is 4.51. The Labute approximate surface area is 209 Å². The van der Waals surface area contributed by atoms with Crippen LogP contribution in [-0.2, 0) is 24.1 Å². The molecule has 1 N–H and O–H groups in total. The van der Waals surface area contributed by atoms with E-state index in [0.717, 1.165) is 22.9 Å². The molecule has 2 aromatic heterocycles. The van der Waals surface area contributed by atoms with Crippen LogP contribution in [0.4, 0.5) is 5.82 Å². The second kappa shape index (κ2) is 8.89. The molecule has 0 aliphatic carbocycles. The highest BCUT2D eigenvalue weighted by molar-refractivity contribution is 7.91. The molecule has 0 bridgehead atoms. The molecule has 192 valence electrons. The summed E-state index contributed by atoms with van der Waals surface area (Å²) in [6, 6.07) is 5.87. The number of nitrogens with zero attached hydrogens (tertiary/aromatic N) is 3. The van der Waals surface area contributed by atoms with Crippen LogP contribution in [-0.4, -0.2) is 82.4 Å².